The van der Waals surface area contributed by atoms with E-state index in [1.807, 2.05) is 32.0 Å². The van der Waals surface area contributed by atoms with Crippen molar-refractivity contribution in [2.45, 2.75) is 19.9 Å². The van der Waals surface area contributed by atoms with Crippen LogP contribution in [0, 0.1) is 13.8 Å². The van der Waals surface area contributed by atoms with Crippen LogP contribution in [-0.2, 0) is 4.79 Å². The zero-order valence-corrected chi connectivity index (χ0v) is 21.4. The molecule has 188 valence electrons. The van der Waals surface area contributed by atoms with Gasteiger partial charge in [-0.1, -0.05) is 35.9 Å². The minimum Gasteiger partial charge on any atom is -0.503 e. The summed E-state index contributed by atoms with van der Waals surface area (Å²) in [6.45, 7) is 3.79. The molecule has 1 amide bonds. The van der Waals surface area contributed by atoms with E-state index >= 15 is 0 Å². The molecule has 3 aromatic carbocycles. The largest absolute Gasteiger partial charge is 0.503 e. The number of Topliss-reactive ketones (excluding diaryl/α,β-unsaturated/α-hetero) is 1. The molecule has 0 fully saturated rings. The Balaban J connectivity index is 1.68. The molecular formula is C29H24ClNO6. The van der Waals surface area contributed by atoms with Crippen LogP contribution in [0.4, 0.5) is 5.69 Å². The van der Waals surface area contributed by atoms with Crippen molar-refractivity contribution in [3.63, 3.8) is 0 Å². The van der Waals surface area contributed by atoms with Gasteiger partial charge in [-0.15, -0.1) is 0 Å². The molecule has 0 bridgehead atoms. The van der Waals surface area contributed by atoms with Gasteiger partial charge in [-0.25, -0.2) is 0 Å². The Hall–Kier alpha value is -4.23. The third-order valence-electron chi connectivity index (χ3n) is 6.50. The average molecular weight is 518 g/mol. The second-order valence-corrected chi connectivity index (χ2v) is 9.31. The highest BCUT2D eigenvalue weighted by Gasteiger charge is 2.46. The lowest BCUT2D eigenvalue weighted by molar-refractivity contribution is -0.117. The predicted molar refractivity (Wildman–Crippen MR) is 141 cm³/mol. The van der Waals surface area contributed by atoms with Gasteiger partial charge in [-0.3, -0.25) is 14.5 Å². The Morgan fingerprint density at radius 2 is 1.73 bits per heavy atom. The van der Waals surface area contributed by atoms with Crippen LogP contribution in [0.2, 0.25) is 5.02 Å². The number of aliphatic hydroxyl groups is 1. The maximum absolute atomic E-state index is 13.9. The first-order valence-electron chi connectivity index (χ1n) is 11.5. The lowest BCUT2D eigenvalue weighted by Crippen LogP contribution is -2.31. The number of carbonyl (C=O) groups excluding carboxylic acids is 2. The third kappa shape index (κ3) is 4.11. The number of hydrogen-bond acceptors (Lipinski definition) is 6. The van der Waals surface area contributed by atoms with Crippen LogP contribution >= 0.6 is 11.6 Å². The third-order valence-corrected chi connectivity index (χ3v) is 6.72. The Bertz CT molecular complexity index is 1580. The number of hydrogen-bond donors (Lipinski definition) is 1. The van der Waals surface area contributed by atoms with Gasteiger partial charge in [0.1, 0.15) is 5.75 Å². The molecule has 37 heavy (non-hydrogen) atoms. The number of ether oxygens (including phenoxy) is 2. The van der Waals surface area contributed by atoms with Crippen molar-refractivity contribution < 1.29 is 28.6 Å². The Kier molecular flexibility index (Phi) is 6.17. The monoisotopic (exact) mass is 517 g/mol. The van der Waals surface area contributed by atoms with E-state index in [9.17, 15) is 14.7 Å². The second kappa shape index (κ2) is 9.33. The summed E-state index contributed by atoms with van der Waals surface area (Å²) in [5.74, 6) is -0.980. The maximum atomic E-state index is 13.9. The number of methoxy groups -OCH3 is 2. The molecule has 1 aromatic heterocycles. The number of ketones is 1. The summed E-state index contributed by atoms with van der Waals surface area (Å²) in [4.78, 5) is 28.9. The van der Waals surface area contributed by atoms with Crippen molar-refractivity contribution in [2.24, 2.45) is 0 Å². The first-order chi connectivity index (χ1) is 17.7. The lowest BCUT2D eigenvalue weighted by atomic mass is 9.94. The van der Waals surface area contributed by atoms with Gasteiger partial charge in [0.15, 0.2) is 22.9 Å². The lowest BCUT2D eigenvalue weighted by Gasteiger charge is -2.28. The molecule has 1 aliphatic rings. The summed E-state index contributed by atoms with van der Waals surface area (Å²) in [5.41, 5.74) is 3.23. The minimum atomic E-state index is -0.898. The van der Waals surface area contributed by atoms with Crippen molar-refractivity contribution in [1.29, 1.82) is 0 Å². The van der Waals surface area contributed by atoms with Crippen LogP contribution in [0.15, 0.2) is 76.4 Å². The normalized spacial score (nSPS) is 15.5. The summed E-state index contributed by atoms with van der Waals surface area (Å²) in [6.07, 6.45) is 0. The SMILES string of the molecule is COc1ccc(C2C(C(=O)c3cc4cc(Cl)cc(OC)c4o3)=C(O)C(=O)N2c2cc(C)ccc2C)cc1. The Morgan fingerprint density at radius 1 is 1.00 bits per heavy atom. The number of carbonyl (C=O) groups is 2. The molecule has 0 saturated carbocycles. The van der Waals surface area contributed by atoms with Crippen molar-refractivity contribution in [1.82, 2.24) is 0 Å². The van der Waals surface area contributed by atoms with E-state index in [1.54, 1.807) is 43.5 Å². The second-order valence-electron chi connectivity index (χ2n) is 8.87. The molecule has 2 heterocycles. The van der Waals surface area contributed by atoms with Crippen molar-refractivity contribution in [3.05, 3.63) is 99.5 Å². The van der Waals surface area contributed by atoms with Gasteiger partial charge in [-0.2, -0.15) is 0 Å². The van der Waals surface area contributed by atoms with Crippen molar-refractivity contribution in [3.8, 4) is 11.5 Å². The zero-order chi connectivity index (χ0) is 26.4. The number of nitrogens with zero attached hydrogens (tertiary/aromatic N) is 1. The first kappa shape index (κ1) is 24.5. The number of aliphatic hydroxyl groups excluding tert-OH is 1. The molecule has 5 rings (SSSR count). The van der Waals surface area contributed by atoms with E-state index in [-0.39, 0.29) is 11.3 Å². The molecule has 1 atom stereocenters. The molecule has 8 heteroatoms. The number of rotatable bonds is 6. The number of halogens is 1. The number of anilines is 1. The highest BCUT2D eigenvalue weighted by Crippen LogP contribution is 2.44. The highest BCUT2D eigenvalue weighted by molar-refractivity contribution is 6.31. The molecule has 0 radical (unpaired) electrons. The topological polar surface area (TPSA) is 89.2 Å². The van der Waals surface area contributed by atoms with E-state index in [4.69, 9.17) is 25.5 Å². The highest BCUT2D eigenvalue weighted by atomic mass is 35.5. The molecule has 1 aliphatic heterocycles. The minimum absolute atomic E-state index is 0.0498. The van der Waals surface area contributed by atoms with Crippen LogP contribution in [0.3, 0.4) is 0 Å². The van der Waals surface area contributed by atoms with E-state index < -0.39 is 23.5 Å². The standard InChI is InChI=1S/C29H24ClNO6/c1-15-5-6-16(2)21(11-15)31-25(17-7-9-20(35-3)10-8-17)24(27(33)29(31)34)26(32)22-13-18-12-19(30)14-23(36-4)28(18)37-22/h5-14,25,33H,1-4H3. The molecule has 4 aromatic rings. The molecular weight excluding hydrogens is 494 g/mol. The Labute approximate surface area is 218 Å². The predicted octanol–water partition coefficient (Wildman–Crippen LogP) is 6.50. The number of aryl methyl sites for hydroxylation is 2. The average Bonchev–Trinajstić information content (AvgIpc) is 3.43. The maximum Gasteiger partial charge on any atom is 0.294 e. The van der Waals surface area contributed by atoms with Crippen LogP contribution in [0.25, 0.3) is 11.0 Å². The van der Waals surface area contributed by atoms with Gasteiger partial charge in [0.25, 0.3) is 5.91 Å². The van der Waals surface area contributed by atoms with Crippen LogP contribution in [-0.4, -0.2) is 31.0 Å². The molecule has 1 unspecified atom stereocenters. The number of fused-ring (bicyclic) bond motifs is 1. The smallest absolute Gasteiger partial charge is 0.294 e. The molecule has 0 saturated heterocycles. The van der Waals surface area contributed by atoms with Crippen LogP contribution in [0.1, 0.15) is 33.3 Å². The van der Waals surface area contributed by atoms with Crippen LogP contribution in [0.5, 0.6) is 11.5 Å². The summed E-state index contributed by atoms with van der Waals surface area (Å²) in [7, 11) is 3.03. The fourth-order valence-electron chi connectivity index (χ4n) is 4.65. The van der Waals surface area contributed by atoms with Crippen molar-refractivity contribution in [2.75, 3.05) is 19.1 Å². The van der Waals surface area contributed by atoms with E-state index in [2.05, 4.69) is 0 Å². The van der Waals surface area contributed by atoms with E-state index in [0.29, 0.717) is 38.7 Å². The fraction of sp³-hybridized carbons (Fsp3) is 0.172. The zero-order valence-electron chi connectivity index (χ0n) is 20.7. The molecule has 0 aliphatic carbocycles. The van der Waals surface area contributed by atoms with Gasteiger partial charge < -0.3 is 19.0 Å². The summed E-state index contributed by atoms with van der Waals surface area (Å²) >= 11 is 6.19. The molecule has 7 nitrogen and oxygen atoms in total. The van der Waals surface area contributed by atoms with Gasteiger partial charge in [0.05, 0.1) is 25.8 Å². The van der Waals surface area contributed by atoms with Crippen LogP contribution < -0.4 is 14.4 Å². The van der Waals surface area contributed by atoms with Crippen molar-refractivity contribution >= 4 is 39.9 Å². The summed E-state index contributed by atoms with van der Waals surface area (Å²) in [5, 5.41) is 12.1. The van der Waals surface area contributed by atoms with Gasteiger partial charge >= 0.3 is 0 Å². The molecule has 1 N–H and O–H groups in total. The summed E-state index contributed by atoms with van der Waals surface area (Å²) < 4.78 is 16.5. The fourth-order valence-corrected chi connectivity index (χ4v) is 4.87. The van der Waals surface area contributed by atoms with E-state index in [1.165, 1.54) is 18.1 Å². The van der Waals surface area contributed by atoms with E-state index in [0.717, 1.165) is 11.1 Å². The van der Waals surface area contributed by atoms with Gasteiger partial charge in [0, 0.05) is 22.2 Å². The quantitative estimate of drug-likeness (QED) is 0.293. The number of amides is 1. The van der Waals surface area contributed by atoms with Gasteiger partial charge in [-0.05, 0) is 60.9 Å². The summed E-state index contributed by atoms with van der Waals surface area (Å²) in [6, 6.07) is 16.6. The number of benzene rings is 3. The first-order valence-corrected chi connectivity index (χ1v) is 11.9. The Morgan fingerprint density at radius 3 is 2.41 bits per heavy atom. The molecule has 0 spiro atoms. The number of furan rings is 1. The van der Waals surface area contributed by atoms with Gasteiger partial charge in [0.2, 0.25) is 5.78 Å².